The molecule has 0 aromatic carbocycles. The highest BCUT2D eigenvalue weighted by Gasteiger charge is 2.32. The van der Waals surface area contributed by atoms with Crippen LogP contribution in [0.15, 0.2) is 0 Å². The van der Waals surface area contributed by atoms with E-state index in [1.165, 1.54) is 0 Å². The summed E-state index contributed by atoms with van der Waals surface area (Å²) in [5.74, 6) is 0.553. The van der Waals surface area contributed by atoms with Gasteiger partial charge in [-0.3, -0.25) is 0 Å². The number of hydrogen-bond donors (Lipinski definition) is 1. The van der Waals surface area contributed by atoms with Gasteiger partial charge in [-0.05, 0) is 16.7 Å². The molecule has 0 unspecified atom stereocenters. The van der Waals surface area contributed by atoms with E-state index in [9.17, 15) is 0 Å². The molecule has 0 rings (SSSR count). The van der Waals surface area contributed by atoms with Crippen LogP contribution < -0.4 is 5.73 Å². The zero-order valence-electron chi connectivity index (χ0n) is 9.73. The van der Waals surface area contributed by atoms with Crippen LogP contribution in [0.25, 0.3) is 0 Å². The van der Waals surface area contributed by atoms with Crippen molar-refractivity contribution in [3.05, 3.63) is 0 Å². The van der Waals surface area contributed by atoms with Crippen molar-refractivity contribution in [2.24, 2.45) is 22.5 Å². The van der Waals surface area contributed by atoms with Gasteiger partial charge in [0.1, 0.15) is 0 Å². The Kier molecular flexibility index (Phi) is 3.36. The Hall–Kier alpha value is -0.0400. The van der Waals surface area contributed by atoms with Crippen LogP contribution in [-0.2, 0) is 0 Å². The minimum absolute atomic E-state index is 0.215. The van der Waals surface area contributed by atoms with Crippen LogP contribution in [0.4, 0.5) is 0 Å². The maximum absolute atomic E-state index is 6.18. The summed E-state index contributed by atoms with van der Waals surface area (Å²) >= 11 is 0. The largest absolute Gasteiger partial charge is 0.327 e. The topological polar surface area (TPSA) is 26.0 Å². The first-order valence-electron chi connectivity index (χ1n) is 4.82. The maximum Gasteiger partial charge on any atom is 0.0118 e. The Labute approximate surface area is 77.7 Å². The van der Waals surface area contributed by atoms with Crippen molar-refractivity contribution in [2.45, 2.75) is 54.5 Å². The lowest BCUT2D eigenvalue weighted by atomic mass is 9.70. The van der Waals surface area contributed by atoms with Crippen LogP contribution >= 0.6 is 0 Å². The molecule has 74 valence electrons. The second kappa shape index (κ2) is 3.37. The summed E-state index contributed by atoms with van der Waals surface area (Å²) in [6, 6.07) is 0.275. The highest BCUT2D eigenvalue weighted by atomic mass is 14.7. The zero-order valence-corrected chi connectivity index (χ0v) is 9.73. The molecule has 0 heterocycles. The van der Waals surface area contributed by atoms with Crippen LogP contribution in [-0.4, -0.2) is 6.04 Å². The van der Waals surface area contributed by atoms with Gasteiger partial charge in [-0.25, -0.2) is 0 Å². The molecule has 0 spiro atoms. The number of hydrogen-bond acceptors (Lipinski definition) is 1. The van der Waals surface area contributed by atoms with Gasteiger partial charge >= 0.3 is 0 Å². The minimum Gasteiger partial charge on any atom is -0.327 e. The van der Waals surface area contributed by atoms with Crippen molar-refractivity contribution in [1.82, 2.24) is 0 Å². The molecule has 12 heavy (non-hydrogen) atoms. The fourth-order valence-corrected chi connectivity index (χ4v) is 1.29. The molecule has 1 heteroatoms. The molecule has 0 aliphatic carbocycles. The summed E-state index contributed by atoms with van der Waals surface area (Å²) in [6.45, 7) is 15.6. The predicted octanol–water partition coefficient (Wildman–Crippen LogP) is 3.04. The Balaban J connectivity index is 4.41. The van der Waals surface area contributed by atoms with E-state index in [4.69, 9.17) is 5.73 Å². The first-order chi connectivity index (χ1) is 5.07. The highest BCUT2D eigenvalue weighted by molar-refractivity contribution is 4.87. The maximum atomic E-state index is 6.18. The summed E-state index contributed by atoms with van der Waals surface area (Å²) in [4.78, 5) is 0. The quantitative estimate of drug-likeness (QED) is 0.645. The Morgan fingerprint density at radius 2 is 1.17 bits per heavy atom. The average molecular weight is 171 g/mol. The average Bonchev–Trinajstić information content (AvgIpc) is 1.80. The Morgan fingerprint density at radius 1 is 0.833 bits per heavy atom. The number of nitrogens with two attached hydrogens (primary N) is 1. The molecular weight excluding hydrogens is 146 g/mol. The molecule has 0 aliphatic heterocycles. The molecule has 0 saturated carbocycles. The zero-order chi connectivity index (χ0) is 10.2. The van der Waals surface area contributed by atoms with Gasteiger partial charge in [0.2, 0.25) is 0 Å². The summed E-state index contributed by atoms with van der Waals surface area (Å²) in [5.41, 5.74) is 6.71. The minimum atomic E-state index is 0.215. The van der Waals surface area contributed by atoms with Crippen LogP contribution in [0.2, 0.25) is 0 Å². The second-order valence-electron chi connectivity index (χ2n) is 6.05. The van der Waals surface area contributed by atoms with Gasteiger partial charge < -0.3 is 5.73 Å². The van der Waals surface area contributed by atoms with Crippen molar-refractivity contribution in [1.29, 1.82) is 0 Å². The van der Waals surface area contributed by atoms with Crippen molar-refractivity contribution in [3.8, 4) is 0 Å². The van der Waals surface area contributed by atoms with Gasteiger partial charge in [0, 0.05) is 6.04 Å². The van der Waals surface area contributed by atoms with Crippen LogP contribution in [0, 0.1) is 16.7 Å². The van der Waals surface area contributed by atoms with Crippen molar-refractivity contribution >= 4 is 0 Å². The molecule has 0 fully saturated rings. The molecule has 0 saturated heterocycles. The normalized spacial score (nSPS) is 19.0. The molecular formula is C11H25N. The lowest BCUT2D eigenvalue weighted by molar-refractivity contribution is 0.145. The lowest BCUT2D eigenvalue weighted by Crippen LogP contribution is -2.45. The van der Waals surface area contributed by atoms with Crippen molar-refractivity contribution < 1.29 is 0 Å². The van der Waals surface area contributed by atoms with Crippen LogP contribution in [0.1, 0.15) is 48.5 Å². The molecule has 0 aromatic heterocycles. The summed E-state index contributed by atoms with van der Waals surface area (Å²) in [7, 11) is 0. The van der Waals surface area contributed by atoms with E-state index < -0.39 is 0 Å². The van der Waals surface area contributed by atoms with Gasteiger partial charge in [-0.15, -0.1) is 0 Å². The van der Waals surface area contributed by atoms with E-state index in [0.29, 0.717) is 11.3 Å². The molecule has 0 amide bonds. The summed E-state index contributed by atoms with van der Waals surface area (Å²) in [5, 5.41) is 0. The first kappa shape index (κ1) is 12.0. The molecule has 2 atom stereocenters. The van der Waals surface area contributed by atoms with E-state index >= 15 is 0 Å². The second-order valence-corrected chi connectivity index (χ2v) is 6.05. The summed E-state index contributed by atoms with van der Waals surface area (Å²) < 4.78 is 0. The SMILES string of the molecule is C[C@H]([C@@H](N)C(C)(C)C)C(C)(C)C. The fourth-order valence-electron chi connectivity index (χ4n) is 1.29. The van der Waals surface area contributed by atoms with E-state index in [1.807, 2.05) is 0 Å². The standard InChI is InChI=1S/C11H25N/c1-8(10(2,3)4)9(12)11(5,6)7/h8-9H,12H2,1-7H3/t8-,9-/m1/s1. The van der Waals surface area contributed by atoms with Gasteiger partial charge in [0.25, 0.3) is 0 Å². The van der Waals surface area contributed by atoms with Crippen molar-refractivity contribution in [3.63, 3.8) is 0 Å². The van der Waals surface area contributed by atoms with Gasteiger partial charge in [0.15, 0.2) is 0 Å². The molecule has 0 radical (unpaired) electrons. The fraction of sp³-hybridized carbons (Fsp3) is 1.00. The van der Waals surface area contributed by atoms with Crippen LogP contribution in [0.3, 0.4) is 0 Å². The molecule has 0 aromatic rings. The monoisotopic (exact) mass is 171 g/mol. The molecule has 1 nitrogen and oxygen atoms in total. The summed E-state index contributed by atoms with van der Waals surface area (Å²) in [6.07, 6.45) is 0. The van der Waals surface area contributed by atoms with Gasteiger partial charge in [0.05, 0.1) is 0 Å². The molecule has 0 bridgehead atoms. The predicted molar refractivity (Wildman–Crippen MR) is 56.0 cm³/mol. The van der Waals surface area contributed by atoms with E-state index in [0.717, 1.165) is 0 Å². The third-order valence-corrected chi connectivity index (χ3v) is 2.90. The van der Waals surface area contributed by atoms with Crippen molar-refractivity contribution in [2.75, 3.05) is 0 Å². The first-order valence-corrected chi connectivity index (χ1v) is 4.82. The molecule has 0 aliphatic rings. The molecule has 2 N–H and O–H groups in total. The van der Waals surface area contributed by atoms with Crippen LogP contribution in [0.5, 0.6) is 0 Å². The highest BCUT2D eigenvalue weighted by Crippen LogP contribution is 2.34. The smallest absolute Gasteiger partial charge is 0.0118 e. The third-order valence-electron chi connectivity index (χ3n) is 2.90. The third kappa shape index (κ3) is 3.14. The Morgan fingerprint density at radius 3 is 1.25 bits per heavy atom. The van der Waals surface area contributed by atoms with Gasteiger partial charge in [-0.1, -0.05) is 48.5 Å². The van der Waals surface area contributed by atoms with E-state index in [1.54, 1.807) is 0 Å². The lowest BCUT2D eigenvalue weighted by Gasteiger charge is -2.39. The van der Waals surface area contributed by atoms with E-state index in [2.05, 4.69) is 48.5 Å². The Bertz CT molecular complexity index is 118. The van der Waals surface area contributed by atoms with Gasteiger partial charge in [-0.2, -0.15) is 0 Å². The van der Waals surface area contributed by atoms with E-state index in [-0.39, 0.29) is 11.5 Å². The number of rotatable bonds is 1.